The summed E-state index contributed by atoms with van der Waals surface area (Å²) < 4.78 is 11.6. The number of tetrazole rings is 1. The van der Waals surface area contributed by atoms with Gasteiger partial charge in [0.15, 0.2) is 0 Å². The van der Waals surface area contributed by atoms with Gasteiger partial charge >= 0.3 is 0 Å². The van der Waals surface area contributed by atoms with E-state index in [2.05, 4.69) is 45.8 Å². The molecule has 10 heteroatoms. The van der Waals surface area contributed by atoms with Crippen LogP contribution < -0.4 is 4.74 Å². The summed E-state index contributed by atoms with van der Waals surface area (Å²) in [5.41, 5.74) is 3.91. The van der Waals surface area contributed by atoms with Crippen LogP contribution in [0.5, 0.6) is 5.75 Å². The topological polar surface area (TPSA) is 110 Å². The van der Waals surface area contributed by atoms with E-state index in [0.717, 1.165) is 41.6 Å². The number of carbonyl (C=O) groups excluding carboxylic acids is 1. The number of nitrogens with zero attached hydrogens (tertiary/aromatic N) is 5. The van der Waals surface area contributed by atoms with E-state index in [1.54, 1.807) is 35.8 Å². The monoisotopic (exact) mass is 514 g/mol. The third-order valence-corrected chi connectivity index (χ3v) is 7.95. The fourth-order valence-electron chi connectivity index (χ4n) is 4.71. The van der Waals surface area contributed by atoms with Crippen LogP contribution in [0.15, 0.2) is 53.2 Å². The lowest BCUT2D eigenvalue weighted by molar-refractivity contribution is -0.126. The molecular formula is C27H26N6O3S. The molecule has 0 atom stereocenters. The average Bonchev–Trinajstić information content (AvgIpc) is 3.73. The van der Waals surface area contributed by atoms with E-state index < -0.39 is 0 Å². The van der Waals surface area contributed by atoms with E-state index in [9.17, 15) is 4.79 Å². The van der Waals surface area contributed by atoms with Crippen LogP contribution in [-0.4, -0.2) is 43.0 Å². The van der Waals surface area contributed by atoms with Crippen LogP contribution in [0.3, 0.4) is 0 Å². The third-order valence-electron chi connectivity index (χ3n) is 6.78. The van der Waals surface area contributed by atoms with Gasteiger partial charge in [-0.05, 0) is 72.9 Å². The molecule has 2 aliphatic rings. The molecule has 0 saturated carbocycles. The Morgan fingerprint density at radius 3 is 2.97 bits per heavy atom. The Labute approximate surface area is 217 Å². The van der Waals surface area contributed by atoms with Crippen molar-refractivity contribution >= 4 is 23.3 Å². The molecule has 1 aliphatic carbocycles. The SMILES string of the molecule is Cc1sc(C2CC=CC2)nc1COc1cc2c(cc1-c1nn[nH]n1)CCN(C(=O)/C=C/c1ccco1)C2. The Hall–Kier alpha value is -4.05. The molecule has 0 fully saturated rings. The van der Waals surface area contributed by atoms with Crippen LogP contribution in [0.1, 0.15) is 51.2 Å². The van der Waals surface area contributed by atoms with Gasteiger partial charge in [-0.3, -0.25) is 4.79 Å². The molecule has 0 radical (unpaired) electrons. The zero-order valence-corrected chi connectivity index (χ0v) is 21.2. The third kappa shape index (κ3) is 4.97. The predicted molar refractivity (Wildman–Crippen MR) is 139 cm³/mol. The summed E-state index contributed by atoms with van der Waals surface area (Å²) in [4.78, 5) is 20.7. The number of nitrogens with one attached hydrogen (secondary N) is 1. The maximum absolute atomic E-state index is 12.8. The first-order chi connectivity index (χ1) is 18.1. The second-order valence-corrected chi connectivity index (χ2v) is 10.4. The zero-order chi connectivity index (χ0) is 25.2. The molecule has 0 bridgehead atoms. The Morgan fingerprint density at radius 2 is 2.19 bits per heavy atom. The Balaban J connectivity index is 1.23. The molecule has 1 amide bonds. The van der Waals surface area contributed by atoms with Crippen molar-refractivity contribution in [3.8, 4) is 17.1 Å². The molecule has 1 N–H and O–H groups in total. The van der Waals surface area contributed by atoms with E-state index in [4.69, 9.17) is 14.1 Å². The number of hydrogen-bond acceptors (Lipinski definition) is 8. The van der Waals surface area contributed by atoms with E-state index in [0.29, 0.717) is 42.9 Å². The molecule has 4 heterocycles. The summed E-state index contributed by atoms with van der Waals surface area (Å²) in [7, 11) is 0. The van der Waals surface area contributed by atoms with Crippen LogP contribution in [0.4, 0.5) is 0 Å². The number of aromatic amines is 1. The lowest BCUT2D eigenvalue weighted by Gasteiger charge is -2.29. The molecule has 37 heavy (non-hydrogen) atoms. The molecule has 3 aromatic heterocycles. The van der Waals surface area contributed by atoms with Crippen molar-refractivity contribution in [2.75, 3.05) is 6.54 Å². The van der Waals surface area contributed by atoms with Crippen LogP contribution in [0.2, 0.25) is 0 Å². The minimum absolute atomic E-state index is 0.0567. The number of amides is 1. The number of H-pyrrole nitrogens is 1. The highest BCUT2D eigenvalue weighted by molar-refractivity contribution is 7.11. The number of hydrogen-bond donors (Lipinski definition) is 1. The van der Waals surface area contributed by atoms with Crippen LogP contribution >= 0.6 is 11.3 Å². The molecule has 0 saturated heterocycles. The second-order valence-electron chi connectivity index (χ2n) is 9.19. The first kappa shape index (κ1) is 23.4. The minimum atomic E-state index is -0.0567. The molecule has 0 unspecified atom stereocenters. The van der Waals surface area contributed by atoms with Gasteiger partial charge in [-0.2, -0.15) is 5.21 Å². The average molecular weight is 515 g/mol. The number of carbonyl (C=O) groups is 1. The largest absolute Gasteiger partial charge is 0.486 e. The maximum Gasteiger partial charge on any atom is 0.246 e. The van der Waals surface area contributed by atoms with Crippen molar-refractivity contribution in [3.05, 3.63) is 81.2 Å². The number of thiazole rings is 1. The fraction of sp³-hybridized carbons (Fsp3) is 0.296. The van der Waals surface area contributed by atoms with E-state index >= 15 is 0 Å². The Bertz CT molecular complexity index is 1450. The molecule has 6 rings (SSSR count). The van der Waals surface area contributed by atoms with Gasteiger partial charge < -0.3 is 14.1 Å². The second kappa shape index (κ2) is 10.1. The quantitative estimate of drug-likeness (QED) is 0.278. The van der Waals surface area contributed by atoms with Crippen molar-refractivity contribution in [1.29, 1.82) is 0 Å². The standard InChI is InChI=1S/C27H26N6O3S/c1-17-23(28-27(37-17)18-5-2-3-6-18)16-36-24-14-20-15-33(25(34)9-8-21-7-4-12-35-21)11-10-19(20)13-22(24)26-29-31-32-30-26/h2-4,7-9,12-14,18H,5-6,10-11,15-16H2,1H3,(H,29,30,31,32)/b9-8+. The summed E-state index contributed by atoms with van der Waals surface area (Å²) in [6, 6.07) is 7.67. The lowest BCUT2D eigenvalue weighted by Crippen LogP contribution is -2.34. The summed E-state index contributed by atoms with van der Waals surface area (Å²) in [6.07, 6.45) is 12.1. The number of aromatic nitrogens is 5. The number of furan rings is 1. The van der Waals surface area contributed by atoms with Gasteiger partial charge in [0.2, 0.25) is 11.7 Å². The number of benzene rings is 1. The van der Waals surface area contributed by atoms with Gasteiger partial charge in [0.1, 0.15) is 18.1 Å². The van der Waals surface area contributed by atoms with Gasteiger partial charge in [0.25, 0.3) is 0 Å². The van der Waals surface area contributed by atoms with E-state index in [1.807, 2.05) is 17.0 Å². The summed E-state index contributed by atoms with van der Waals surface area (Å²) in [5, 5.41) is 15.8. The molecule has 1 aromatic carbocycles. The summed E-state index contributed by atoms with van der Waals surface area (Å²) in [6.45, 7) is 3.56. The first-order valence-electron chi connectivity index (χ1n) is 12.3. The minimum Gasteiger partial charge on any atom is -0.486 e. The molecule has 9 nitrogen and oxygen atoms in total. The van der Waals surface area contributed by atoms with Crippen molar-refractivity contribution in [1.82, 2.24) is 30.5 Å². The fourth-order valence-corrected chi connectivity index (χ4v) is 5.76. The molecule has 0 spiro atoms. The van der Waals surface area contributed by atoms with Crippen LogP contribution in [0, 0.1) is 6.92 Å². The van der Waals surface area contributed by atoms with Crippen molar-refractivity contribution in [3.63, 3.8) is 0 Å². The first-order valence-corrected chi connectivity index (χ1v) is 13.1. The summed E-state index contributed by atoms with van der Waals surface area (Å²) >= 11 is 1.75. The molecular weight excluding hydrogens is 488 g/mol. The Morgan fingerprint density at radius 1 is 1.30 bits per heavy atom. The van der Waals surface area contributed by atoms with Gasteiger partial charge in [0, 0.05) is 30.0 Å². The summed E-state index contributed by atoms with van der Waals surface area (Å²) in [5.74, 6) is 2.19. The smallest absolute Gasteiger partial charge is 0.246 e. The predicted octanol–water partition coefficient (Wildman–Crippen LogP) is 4.84. The van der Waals surface area contributed by atoms with Gasteiger partial charge in [-0.15, -0.1) is 21.5 Å². The molecule has 188 valence electrons. The van der Waals surface area contributed by atoms with Crippen molar-refractivity contribution in [2.24, 2.45) is 0 Å². The van der Waals surface area contributed by atoms with Gasteiger partial charge in [-0.1, -0.05) is 12.2 Å². The molecule has 1 aliphatic heterocycles. The highest BCUT2D eigenvalue weighted by Gasteiger charge is 2.24. The Kier molecular flexibility index (Phi) is 6.40. The zero-order valence-electron chi connectivity index (χ0n) is 20.4. The van der Waals surface area contributed by atoms with Crippen LogP contribution in [-0.2, 0) is 24.4 Å². The van der Waals surface area contributed by atoms with E-state index in [1.165, 1.54) is 9.88 Å². The number of allylic oxidation sites excluding steroid dienone is 2. The van der Waals surface area contributed by atoms with Gasteiger partial charge in [0.05, 0.1) is 22.5 Å². The van der Waals surface area contributed by atoms with E-state index in [-0.39, 0.29) is 5.91 Å². The van der Waals surface area contributed by atoms with Crippen LogP contribution in [0.25, 0.3) is 17.5 Å². The number of fused-ring (bicyclic) bond motifs is 1. The van der Waals surface area contributed by atoms with Crippen molar-refractivity contribution in [2.45, 2.75) is 45.3 Å². The van der Waals surface area contributed by atoms with Gasteiger partial charge in [-0.25, -0.2) is 4.98 Å². The number of rotatable bonds is 7. The lowest BCUT2D eigenvalue weighted by atomic mass is 9.96. The number of aryl methyl sites for hydroxylation is 1. The van der Waals surface area contributed by atoms with Crippen molar-refractivity contribution < 1.29 is 13.9 Å². The highest BCUT2D eigenvalue weighted by Crippen LogP contribution is 2.36. The molecule has 4 aromatic rings. The number of ether oxygens (including phenoxy) is 1. The maximum atomic E-state index is 12.8. The normalized spacial score (nSPS) is 15.5. The highest BCUT2D eigenvalue weighted by atomic mass is 32.1.